The van der Waals surface area contributed by atoms with Gasteiger partial charge in [0.15, 0.2) is 0 Å². The zero-order chi connectivity index (χ0) is 11.9. The summed E-state index contributed by atoms with van der Waals surface area (Å²) >= 11 is 0. The summed E-state index contributed by atoms with van der Waals surface area (Å²) in [5.74, 6) is 1.01. The van der Waals surface area contributed by atoms with E-state index in [0.717, 1.165) is 19.0 Å². The molecule has 0 spiro atoms. The van der Waals surface area contributed by atoms with Gasteiger partial charge >= 0.3 is 0 Å². The highest BCUT2D eigenvalue weighted by atomic mass is 14.9. The average molecular weight is 234 g/mol. The second kappa shape index (κ2) is 6.85. The van der Waals surface area contributed by atoms with Crippen molar-refractivity contribution in [3.8, 4) is 0 Å². The van der Waals surface area contributed by atoms with E-state index in [1.54, 1.807) is 0 Å². The van der Waals surface area contributed by atoms with Gasteiger partial charge in [0.1, 0.15) is 0 Å². The Balaban J connectivity index is 1.60. The first-order valence-electron chi connectivity index (χ1n) is 7.24. The van der Waals surface area contributed by atoms with Gasteiger partial charge in [0.2, 0.25) is 0 Å². The van der Waals surface area contributed by atoms with Crippen molar-refractivity contribution >= 4 is 0 Å². The third-order valence-electron chi connectivity index (χ3n) is 3.83. The van der Waals surface area contributed by atoms with E-state index in [0.29, 0.717) is 0 Å². The first-order valence-corrected chi connectivity index (χ1v) is 7.24. The molecular formula is C15H26N2. The van der Waals surface area contributed by atoms with E-state index >= 15 is 0 Å². The molecule has 17 heavy (non-hydrogen) atoms. The molecule has 0 aliphatic heterocycles. The van der Waals surface area contributed by atoms with Crippen LogP contribution in [0.25, 0.3) is 0 Å². The molecule has 1 heterocycles. The van der Waals surface area contributed by atoms with Crippen molar-refractivity contribution in [1.82, 2.24) is 9.88 Å². The Labute approximate surface area is 105 Å². The third-order valence-corrected chi connectivity index (χ3v) is 3.83. The summed E-state index contributed by atoms with van der Waals surface area (Å²) in [4.78, 5) is 0. The minimum Gasteiger partial charge on any atom is -0.354 e. The van der Waals surface area contributed by atoms with E-state index in [1.807, 2.05) is 0 Å². The van der Waals surface area contributed by atoms with E-state index in [9.17, 15) is 0 Å². The zero-order valence-corrected chi connectivity index (χ0v) is 11.1. The minimum absolute atomic E-state index is 1.01. The predicted molar refractivity (Wildman–Crippen MR) is 73.0 cm³/mol. The molecule has 1 aliphatic rings. The van der Waals surface area contributed by atoms with Gasteiger partial charge < -0.3 is 9.88 Å². The molecule has 0 amide bonds. The van der Waals surface area contributed by atoms with Crippen molar-refractivity contribution in [2.24, 2.45) is 5.92 Å². The second-order valence-corrected chi connectivity index (χ2v) is 5.37. The van der Waals surface area contributed by atoms with Crippen molar-refractivity contribution < 1.29 is 0 Å². The van der Waals surface area contributed by atoms with Crippen LogP contribution < -0.4 is 5.32 Å². The van der Waals surface area contributed by atoms with Crippen molar-refractivity contribution in [3.63, 3.8) is 0 Å². The number of nitrogens with zero attached hydrogens (tertiary/aromatic N) is 1. The van der Waals surface area contributed by atoms with E-state index in [1.165, 1.54) is 50.6 Å². The normalized spacial score (nSPS) is 16.8. The van der Waals surface area contributed by atoms with Crippen molar-refractivity contribution in [2.45, 2.75) is 58.5 Å². The van der Waals surface area contributed by atoms with Crippen LogP contribution in [0.2, 0.25) is 0 Å². The minimum atomic E-state index is 1.01. The first-order chi connectivity index (χ1) is 8.38. The van der Waals surface area contributed by atoms with E-state index in [2.05, 4.69) is 35.3 Å². The maximum Gasteiger partial charge on any atom is 0.0220 e. The number of aryl methyl sites for hydroxylation is 1. The third kappa shape index (κ3) is 4.19. The molecule has 0 bridgehead atoms. The van der Waals surface area contributed by atoms with Crippen LogP contribution in [0.4, 0.5) is 0 Å². The fraction of sp³-hybridized carbons (Fsp3) is 0.733. The van der Waals surface area contributed by atoms with Gasteiger partial charge in [-0.1, -0.05) is 32.6 Å². The highest BCUT2D eigenvalue weighted by Gasteiger charge is 2.13. The highest BCUT2D eigenvalue weighted by Crippen LogP contribution is 2.26. The Morgan fingerprint density at radius 2 is 2.18 bits per heavy atom. The first kappa shape index (κ1) is 12.7. The Bertz CT molecular complexity index is 310. The fourth-order valence-electron chi connectivity index (χ4n) is 2.83. The molecule has 2 heteroatoms. The lowest BCUT2D eigenvalue weighted by Gasteiger charge is -2.09. The molecule has 96 valence electrons. The molecule has 1 fully saturated rings. The van der Waals surface area contributed by atoms with E-state index in [4.69, 9.17) is 0 Å². The molecule has 0 saturated heterocycles. The highest BCUT2D eigenvalue weighted by molar-refractivity contribution is 5.09. The molecule has 1 N–H and O–H groups in total. The van der Waals surface area contributed by atoms with E-state index in [-0.39, 0.29) is 0 Å². The van der Waals surface area contributed by atoms with Crippen LogP contribution in [0.5, 0.6) is 0 Å². The topological polar surface area (TPSA) is 17.0 Å². The Kier molecular flexibility index (Phi) is 5.11. The van der Waals surface area contributed by atoms with Crippen LogP contribution in [-0.2, 0) is 13.1 Å². The van der Waals surface area contributed by atoms with Crippen molar-refractivity contribution in [2.75, 3.05) is 6.54 Å². The molecule has 0 atom stereocenters. The molecule has 2 nitrogen and oxygen atoms in total. The van der Waals surface area contributed by atoms with E-state index < -0.39 is 0 Å². The lowest BCUT2D eigenvalue weighted by molar-refractivity contribution is 0.477. The van der Waals surface area contributed by atoms with Gasteiger partial charge in [-0.05, 0) is 36.9 Å². The SMILES string of the molecule is CCCn1ccc(CNCCC2CCCC2)c1. The second-order valence-electron chi connectivity index (χ2n) is 5.37. The van der Waals surface area contributed by atoms with Crippen LogP contribution in [0.3, 0.4) is 0 Å². The van der Waals surface area contributed by atoms with Gasteiger partial charge in [-0.25, -0.2) is 0 Å². The Morgan fingerprint density at radius 1 is 1.35 bits per heavy atom. The predicted octanol–water partition coefficient (Wildman–Crippen LogP) is 3.57. The molecule has 1 aromatic heterocycles. The van der Waals surface area contributed by atoms with Crippen LogP contribution in [-0.4, -0.2) is 11.1 Å². The van der Waals surface area contributed by atoms with Gasteiger partial charge in [0, 0.05) is 25.5 Å². The van der Waals surface area contributed by atoms with Gasteiger partial charge in [-0.3, -0.25) is 0 Å². The number of hydrogen-bond acceptors (Lipinski definition) is 1. The maximum absolute atomic E-state index is 3.57. The molecular weight excluding hydrogens is 208 g/mol. The van der Waals surface area contributed by atoms with Crippen molar-refractivity contribution in [3.05, 3.63) is 24.0 Å². The number of nitrogens with one attached hydrogen (secondary N) is 1. The maximum atomic E-state index is 3.57. The summed E-state index contributed by atoms with van der Waals surface area (Å²) in [7, 11) is 0. The molecule has 1 aliphatic carbocycles. The fourth-order valence-corrected chi connectivity index (χ4v) is 2.83. The van der Waals surface area contributed by atoms with Gasteiger partial charge in [-0.15, -0.1) is 0 Å². The standard InChI is InChI=1S/C15H26N2/c1-2-10-17-11-8-15(13-17)12-16-9-7-14-5-3-4-6-14/h8,11,13-14,16H,2-7,9-10,12H2,1H3. The van der Waals surface area contributed by atoms with Crippen LogP contribution in [0, 0.1) is 5.92 Å². The summed E-state index contributed by atoms with van der Waals surface area (Å²) in [6, 6.07) is 2.23. The summed E-state index contributed by atoms with van der Waals surface area (Å²) in [6.45, 7) is 5.58. The van der Waals surface area contributed by atoms with Crippen LogP contribution >= 0.6 is 0 Å². The van der Waals surface area contributed by atoms with Gasteiger partial charge in [0.05, 0.1) is 0 Å². The summed E-state index contributed by atoms with van der Waals surface area (Å²) in [5.41, 5.74) is 1.42. The smallest absolute Gasteiger partial charge is 0.0220 e. The molecule has 2 rings (SSSR count). The summed E-state index contributed by atoms with van der Waals surface area (Å²) < 4.78 is 2.29. The number of rotatable bonds is 7. The average Bonchev–Trinajstić information content (AvgIpc) is 2.96. The number of aromatic nitrogens is 1. The molecule has 1 aromatic rings. The van der Waals surface area contributed by atoms with Crippen molar-refractivity contribution in [1.29, 1.82) is 0 Å². The summed E-state index contributed by atoms with van der Waals surface area (Å²) in [6.07, 6.45) is 12.9. The summed E-state index contributed by atoms with van der Waals surface area (Å²) in [5, 5.41) is 3.57. The lowest BCUT2D eigenvalue weighted by Crippen LogP contribution is -2.16. The molecule has 0 aromatic carbocycles. The molecule has 0 unspecified atom stereocenters. The monoisotopic (exact) mass is 234 g/mol. The van der Waals surface area contributed by atoms with Gasteiger partial charge in [-0.2, -0.15) is 0 Å². The lowest BCUT2D eigenvalue weighted by atomic mass is 10.0. The zero-order valence-electron chi connectivity index (χ0n) is 11.1. The Morgan fingerprint density at radius 3 is 2.94 bits per heavy atom. The molecule has 1 saturated carbocycles. The van der Waals surface area contributed by atoms with Crippen LogP contribution in [0.1, 0.15) is 51.0 Å². The van der Waals surface area contributed by atoms with Crippen LogP contribution in [0.15, 0.2) is 18.5 Å². The quantitative estimate of drug-likeness (QED) is 0.714. The largest absolute Gasteiger partial charge is 0.354 e. The Hall–Kier alpha value is -0.760. The number of hydrogen-bond donors (Lipinski definition) is 1. The van der Waals surface area contributed by atoms with Gasteiger partial charge in [0.25, 0.3) is 0 Å². The molecule has 0 radical (unpaired) electrons.